The van der Waals surface area contributed by atoms with E-state index in [4.69, 9.17) is 38.0 Å². The van der Waals surface area contributed by atoms with Crippen LogP contribution in [-0.2, 0) is 24.1 Å². The summed E-state index contributed by atoms with van der Waals surface area (Å²) in [4.78, 5) is 22.9. The number of ether oxygens (including phenoxy) is 1. The molecule has 195 valence electrons. The normalized spacial score (nSPS) is 18.9. The van der Waals surface area contributed by atoms with Crippen molar-refractivity contribution in [2.24, 2.45) is 5.92 Å². The third-order valence-electron chi connectivity index (χ3n) is 6.90. The molecule has 1 aliphatic heterocycles. The first-order valence-corrected chi connectivity index (χ1v) is 13.2. The van der Waals surface area contributed by atoms with Crippen LogP contribution < -0.4 is 4.74 Å². The van der Waals surface area contributed by atoms with Gasteiger partial charge >= 0.3 is 7.69 Å². The number of aryl methyl sites for hydroxylation is 1. The van der Waals surface area contributed by atoms with Gasteiger partial charge in [0.25, 0.3) is 0 Å². The molecule has 1 aliphatic carbocycles. The van der Waals surface area contributed by atoms with Gasteiger partial charge < -0.3 is 24.7 Å². The number of imidazole rings is 1. The van der Waals surface area contributed by atoms with Gasteiger partial charge in [0.1, 0.15) is 5.75 Å². The third kappa shape index (κ3) is 6.50. The summed E-state index contributed by atoms with van der Waals surface area (Å²) in [6.07, 6.45) is 6.01. The van der Waals surface area contributed by atoms with Crippen LogP contribution in [0.5, 0.6) is 5.75 Å². The van der Waals surface area contributed by atoms with Crippen LogP contribution >= 0.6 is 23.2 Å². The molecule has 1 amide bonds. The molecule has 0 bridgehead atoms. The number of fused-ring (bicyclic) bond motifs is 1. The van der Waals surface area contributed by atoms with Crippen molar-refractivity contribution < 1.29 is 19.6 Å². The topological polar surface area (TPSA) is 98.7 Å². The molecular formula is C27H31BCl2N3O4. The highest BCUT2D eigenvalue weighted by atomic mass is 35.5. The Labute approximate surface area is 228 Å². The van der Waals surface area contributed by atoms with Crippen LogP contribution in [0.3, 0.4) is 0 Å². The largest absolute Gasteiger partial charge is 0.491 e. The second-order valence-electron chi connectivity index (χ2n) is 9.67. The van der Waals surface area contributed by atoms with E-state index in [2.05, 4.69) is 14.9 Å². The van der Waals surface area contributed by atoms with Crippen LogP contribution in [-0.4, -0.2) is 57.2 Å². The van der Waals surface area contributed by atoms with Gasteiger partial charge in [0, 0.05) is 40.7 Å². The van der Waals surface area contributed by atoms with E-state index in [0.29, 0.717) is 16.5 Å². The minimum Gasteiger partial charge on any atom is -0.491 e. The van der Waals surface area contributed by atoms with Crippen LogP contribution in [0, 0.1) is 5.92 Å². The molecule has 2 atom stereocenters. The number of aromatic amines is 1. The van der Waals surface area contributed by atoms with E-state index in [1.54, 1.807) is 6.33 Å². The monoisotopic (exact) mass is 542 g/mol. The fourth-order valence-electron chi connectivity index (χ4n) is 5.17. The maximum absolute atomic E-state index is 13.3. The number of rotatable bonds is 6. The number of hydrogen-bond acceptors (Lipinski definition) is 5. The Bertz CT molecular complexity index is 1200. The molecule has 2 unspecified atom stereocenters. The molecular weight excluding hydrogens is 512 g/mol. The second kappa shape index (κ2) is 12.4. The molecule has 1 aromatic heterocycles. The van der Waals surface area contributed by atoms with Gasteiger partial charge in [-0.1, -0.05) is 35.3 Å². The van der Waals surface area contributed by atoms with Gasteiger partial charge in [-0.15, -0.1) is 0 Å². The molecule has 10 heteroatoms. The van der Waals surface area contributed by atoms with Crippen molar-refractivity contribution in [3.63, 3.8) is 0 Å². The molecule has 2 aromatic carbocycles. The quantitative estimate of drug-likeness (QED) is 0.394. The molecule has 3 aromatic rings. The molecule has 1 radical (unpaired) electrons. The Morgan fingerprint density at radius 3 is 2.46 bits per heavy atom. The molecule has 0 saturated carbocycles. The predicted octanol–water partition coefficient (Wildman–Crippen LogP) is 4.62. The number of halogens is 2. The summed E-state index contributed by atoms with van der Waals surface area (Å²) >= 11 is 13.4. The summed E-state index contributed by atoms with van der Waals surface area (Å²) in [5.74, 6) is 0.958. The average molecular weight is 543 g/mol. The van der Waals surface area contributed by atoms with Crippen LogP contribution in [0.1, 0.15) is 43.6 Å². The minimum absolute atomic E-state index is 0. The molecule has 1 fully saturated rings. The number of nitrogens with one attached hydrogen (secondary N) is 1. The van der Waals surface area contributed by atoms with Crippen molar-refractivity contribution in [2.45, 2.75) is 58.1 Å². The first-order valence-electron chi connectivity index (χ1n) is 12.5. The van der Waals surface area contributed by atoms with Crippen LogP contribution in [0.2, 0.25) is 10.0 Å². The van der Waals surface area contributed by atoms with Crippen molar-refractivity contribution in [2.75, 3.05) is 6.54 Å². The number of amides is 1. The van der Waals surface area contributed by atoms with Crippen molar-refractivity contribution >= 4 is 36.8 Å². The third-order valence-corrected chi connectivity index (χ3v) is 7.58. The molecule has 2 aliphatic rings. The Kier molecular flexibility index (Phi) is 9.19. The van der Waals surface area contributed by atoms with Crippen LogP contribution in [0.15, 0.2) is 42.7 Å². The zero-order valence-electron chi connectivity index (χ0n) is 21.0. The predicted molar refractivity (Wildman–Crippen MR) is 146 cm³/mol. The number of benzene rings is 2. The van der Waals surface area contributed by atoms with E-state index >= 15 is 0 Å². The first kappa shape index (κ1) is 27.5. The summed E-state index contributed by atoms with van der Waals surface area (Å²) in [7, 11) is 0. The number of nitrogens with zero attached hydrogens (tertiary/aromatic N) is 2. The zero-order valence-corrected chi connectivity index (χ0v) is 22.5. The highest BCUT2D eigenvalue weighted by Gasteiger charge is 2.38. The Morgan fingerprint density at radius 2 is 1.81 bits per heavy atom. The lowest BCUT2D eigenvalue weighted by Crippen LogP contribution is -2.41. The van der Waals surface area contributed by atoms with E-state index in [0.717, 1.165) is 66.1 Å². The van der Waals surface area contributed by atoms with Crippen molar-refractivity contribution in [1.29, 1.82) is 0 Å². The van der Waals surface area contributed by atoms with Gasteiger partial charge in [0.05, 0.1) is 18.1 Å². The lowest BCUT2D eigenvalue weighted by Gasteiger charge is -2.31. The maximum Gasteiger partial charge on any atom is 0.482 e. The fourth-order valence-corrected chi connectivity index (χ4v) is 5.81. The lowest BCUT2D eigenvalue weighted by molar-refractivity contribution is -0.133. The Balaban J connectivity index is 0.00000102. The molecule has 7 nitrogen and oxygen atoms in total. The summed E-state index contributed by atoms with van der Waals surface area (Å²) in [5, 5.41) is 15.2. The zero-order chi connectivity index (χ0) is 26.5. The Hall–Kier alpha value is -2.52. The van der Waals surface area contributed by atoms with Crippen LogP contribution in [0.25, 0.3) is 11.1 Å². The average Bonchev–Trinajstić information content (AvgIpc) is 3.47. The molecule has 37 heavy (non-hydrogen) atoms. The summed E-state index contributed by atoms with van der Waals surface area (Å²) < 4.78 is 5.73. The maximum atomic E-state index is 13.3. The Morgan fingerprint density at radius 1 is 1.14 bits per heavy atom. The highest BCUT2D eigenvalue weighted by molar-refractivity contribution is 6.36. The molecule has 0 spiro atoms. The van der Waals surface area contributed by atoms with Gasteiger partial charge in [0.15, 0.2) is 0 Å². The van der Waals surface area contributed by atoms with Gasteiger partial charge in [-0.3, -0.25) is 4.79 Å². The summed E-state index contributed by atoms with van der Waals surface area (Å²) in [6.45, 7) is 4.80. The smallest absolute Gasteiger partial charge is 0.482 e. The van der Waals surface area contributed by atoms with E-state index in [-0.39, 0.29) is 31.7 Å². The molecule has 2 heterocycles. The van der Waals surface area contributed by atoms with E-state index in [1.165, 1.54) is 0 Å². The number of aromatic nitrogens is 2. The first-order chi connectivity index (χ1) is 17.8. The number of likely N-dealkylation sites (tertiary alicyclic amines) is 1. The minimum atomic E-state index is -0.0866. The fraction of sp³-hybridized carbons (Fsp3) is 0.407. The van der Waals surface area contributed by atoms with Crippen molar-refractivity contribution in [3.05, 3.63) is 69.7 Å². The van der Waals surface area contributed by atoms with Crippen LogP contribution in [0.4, 0.5) is 0 Å². The standard InChI is InChI=1S/C27H29Cl2N3O2.BH2O2/c1-16(2)34-21-6-3-17(4-7-21)19-12-23(28)22(24(29)13-19)11-18-9-10-32(27(18)33)20-5-8-25-26(14-20)31-15-30-25;2-1-3/h3-4,6-7,12-13,15-16,18,20H,5,8-11,14H2,1-2H3,(H,30,31);2-3H. The number of hydrogen-bond donors (Lipinski definition) is 3. The lowest BCUT2D eigenvalue weighted by atomic mass is 9.94. The second-order valence-corrected chi connectivity index (χ2v) is 10.5. The van der Waals surface area contributed by atoms with Gasteiger partial charge in [-0.2, -0.15) is 0 Å². The van der Waals surface area contributed by atoms with E-state index in [9.17, 15) is 4.79 Å². The van der Waals surface area contributed by atoms with Crippen molar-refractivity contribution in [1.82, 2.24) is 14.9 Å². The van der Waals surface area contributed by atoms with Crippen molar-refractivity contribution in [3.8, 4) is 16.9 Å². The number of H-pyrrole nitrogens is 1. The number of carbonyl (C=O) groups excluding carboxylic acids is 1. The molecule has 3 N–H and O–H groups in total. The van der Waals surface area contributed by atoms with Gasteiger partial charge in [-0.05, 0) is 80.5 Å². The van der Waals surface area contributed by atoms with Gasteiger partial charge in [0.2, 0.25) is 5.91 Å². The highest BCUT2D eigenvalue weighted by Crippen LogP contribution is 2.36. The van der Waals surface area contributed by atoms with E-state index < -0.39 is 0 Å². The SMILES string of the molecule is CC(C)Oc1ccc(-c2cc(Cl)c(CC3CCN(C4CCc5nc[nH]c5C4)C3=O)c(Cl)c2)cc1.O[B]O. The summed E-state index contributed by atoms with van der Waals surface area (Å²) in [6, 6.07) is 12.0. The summed E-state index contributed by atoms with van der Waals surface area (Å²) in [5.41, 5.74) is 5.13. The molecule has 5 rings (SSSR count). The number of carbonyl (C=O) groups is 1. The van der Waals surface area contributed by atoms with Gasteiger partial charge in [-0.25, -0.2) is 4.98 Å². The molecule has 1 saturated heterocycles. The van der Waals surface area contributed by atoms with E-state index in [1.807, 2.05) is 50.2 Å².